The minimum absolute atomic E-state index is 0.650. The number of aryl methyl sites for hydroxylation is 1. The molecule has 0 amide bonds. The molecule has 1 nitrogen and oxygen atoms in total. The second-order valence-corrected chi connectivity index (χ2v) is 5.72. The van der Waals surface area contributed by atoms with Crippen molar-refractivity contribution in [1.82, 2.24) is 0 Å². The topological polar surface area (TPSA) is 20.2 Å². The van der Waals surface area contributed by atoms with Crippen molar-refractivity contribution in [3.8, 4) is 0 Å². The van der Waals surface area contributed by atoms with Gasteiger partial charge in [-0.2, -0.15) is 0 Å². The van der Waals surface area contributed by atoms with Gasteiger partial charge < -0.3 is 5.11 Å². The zero-order valence-electron chi connectivity index (χ0n) is 11.1. The van der Waals surface area contributed by atoms with Crippen LogP contribution in [0.2, 0.25) is 5.02 Å². The van der Waals surface area contributed by atoms with Crippen molar-refractivity contribution in [3.05, 3.63) is 70.7 Å². The molecule has 0 aromatic heterocycles. The molecule has 0 saturated carbocycles. The lowest BCUT2D eigenvalue weighted by molar-refractivity contribution is 0.0516. The Hall–Kier alpha value is -1.31. The maximum absolute atomic E-state index is 10.5. The van der Waals surface area contributed by atoms with Crippen molar-refractivity contribution < 1.29 is 5.11 Å². The van der Waals surface area contributed by atoms with Gasteiger partial charge in [0.25, 0.3) is 0 Å². The maximum Gasteiger partial charge on any atom is 0.0663 e. The van der Waals surface area contributed by atoms with Gasteiger partial charge in [-0.05, 0) is 43.0 Å². The Bertz CT molecular complexity index is 503. The lowest BCUT2D eigenvalue weighted by Gasteiger charge is -2.23. The number of rotatable bonds is 5. The van der Waals surface area contributed by atoms with Gasteiger partial charge in [0.05, 0.1) is 5.60 Å². The molecule has 2 aromatic rings. The summed E-state index contributed by atoms with van der Waals surface area (Å²) in [4.78, 5) is 0. The van der Waals surface area contributed by atoms with Gasteiger partial charge in [-0.1, -0.05) is 54.1 Å². The Labute approximate surface area is 119 Å². The fourth-order valence-electron chi connectivity index (χ4n) is 2.19. The predicted octanol–water partition coefficient (Wildman–Crippen LogP) is 4.27. The highest BCUT2D eigenvalue weighted by Crippen LogP contribution is 2.20. The zero-order valence-corrected chi connectivity index (χ0v) is 11.9. The van der Waals surface area contributed by atoms with Crippen LogP contribution in [0.1, 0.15) is 24.5 Å². The number of hydrogen-bond donors (Lipinski definition) is 1. The number of aliphatic hydroxyl groups is 1. The summed E-state index contributed by atoms with van der Waals surface area (Å²) in [7, 11) is 0. The molecular formula is C17H19ClO. The van der Waals surface area contributed by atoms with Crippen LogP contribution in [-0.4, -0.2) is 10.7 Å². The molecule has 0 heterocycles. The summed E-state index contributed by atoms with van der Waals surface area (Å²) in [6.07, 6.45) is 2.29. The Kier molecular flexibility index (Phi) is 4.62. The molecule has 0 fully saturated rings. The predicted molar refractivity (Wildman–Crippen MR) is 80.5 cm³/mol. The first-order chi connectivity index (χ1) is 9.05. The molecule has 0 saturated heterocycles. The number of benzene rings is 2. The highest BCUT2D eigenvalue weighted by molar-refractivity contribution is 6.30. The summed E-state index contributed by atoms with van der Waals surface area (Å²) in [5.41, 5.74) is 1.69. The van der Waals surface area contributed by atoms with Crippen molar-refractivity contribution in [2.45, 2.75) is 31.8 Å². The van der Waals surface area contributed by atoms with Crippen molar-refractivity contribution >= 4 is 11.6 Å². The zero-order chi connectivity index (χ0) is 13.7. The van der Waals surface area contributed by atoms with E-state index < -0.39 is 5.60 Å². The third kappa shape index (κ3) is 4.70. The lowest BCUT2D eigenvalue weighted by atomic mass is 9.90. The van der Waals surface area contributed by atoms with E-state index in [0.717, 1.165) is 23.4 Å². The van der Waals surface area contributed by atoms with E-state index in [9.17, 15) is 5.11 Å². The highest BCUT2D eigenvalue weighted by atomic mass is 35.5. The normalized spacial score (nSPS) is 14.1. The Balaban J connectivity index is 1.93. The average molecular weight is 275 g/mol. The van der Waals surface area contributed by atoms with Gasteiger partial charge in [-0.25, -0.2) is 0 Å². The molecule has 0 radical (unpaired) electrons. The molecule has 19 heavy (non-hydrogen) atoms. The third-order valence-electron chi connectivity index (χ3n) is 3.29. The van der Waals surface area contributed by atoms with Crippen LogP contribution in [0.5, 0.6) is 0 Å². The van der Waals surface area contributed by atoms with E-state index in [0.29, 0.717) is 6.42 Å². The van der Waals surface area contributed by atoms with Crippen molar-refractivity contribution in [2.24, 2.45) is 0 Å². The third-order valence-corrected chi connectivity index (χ3v) is 3.55. The summed E-state index contributed by atoms with van der Waals surface area (Å²) in [5.74, 6) is 0. The van der Waals surface area contributed by atoms with Crippen LogP contribution in [0.4, 0.5) is 0 Å². The first kappa shape index (κ1) is 14.1. The van der Waals surface area contributed by atoms with Gasteiger partial charge in [0.2, 0.25) is 0 Å². The Morgan fingerprint density at radius 3 is 2.21 bits per heavy atom. The summed E-state index contributed by atoms with van der Waals surface area (Å²) < 4.78 is 0. The maximum atomic E-state index is 10.5. The van der Waals surface area contributed by atoms with Crippen molar-refractivity contribution in [3.63, 3.8) is 0 Å². The molecule has 100 valence electrons. The standard InChI is InChI=1S/C17H19ClO/c1-17(19,12-11-14-5-3-2-4-6-14)13-15-7-9-16(18)10-8-15/h2-10,19H,11-13H2,1H3. The number of hydrogen-bond acceptors (Lipinski definition) is 1. The minimum Gasteiger partial charge on any atom is -0.390 e. The van der Waals surface area contributed by atoms with Crippen LogP contribution in [0.3, 0.4) is 0 Å². The quantitative estimate of drug-likeness (QED) is 0.863. The first-order valence-electron chi connectivity index (χ1n) is 6.56. The molecule has 2 heteroatoms. The van der Waals surface area contributed by atoms with Gasteiger partial charge in [0, 0.05) is 11.4 Å². The summed E-state index contributed by atoms with van der Waals surface area (Å²) in [6, 6.07) is 17.9. The van der Waals surface area contributed by atoms with Gasteiger partial charge in [-0.3, -0.25) is 0 Å². The van der Waals surface area contributed by atoms with Crippen LogP contribution in [-0.2, 0) is 12.8 Å². The molecule has 0 bridgehead atoms. The monoisotopic (exact) mass is 274 g/mol. The van der Waals surface area contributed by atoms with E-state index >= 15 is 0 Å². The summed E-state index contributed by atoms with van der Waals surface area (Å²) >= 11 is 5.86. The largest absolute Gasteiger partial charge is 0.390 e. The first-order valence-corrected chi connectivity index (χ1v) is 6.94. The van der Waals surface area contributed by atoms with Crippen LogP contribution in [0.15, 0.2) is 54.6 Å². The van der Waals surface area contributed by atoms with Crippen LogP contribution < -0.4 is 0 Å². The van der Waals surface area contributed by atoms with Crippen molar-refractivity contribution in [2.75, 3.05) is 0 Å². The average Bonchev–Trinajstić information content (AvgIpc) is 2.40. The van der Waals surface area contributed by atoms with E-state index in [1.807, 2.05) is 49.4 Å². The Morgan fingerprint density at radius 2 is 1.58 bits per heavy atom. The fraction of sp³-hybridized carbons (Fsp3) is 0.294. The van der Waals surface area contributed by atoms with Gasteiger partial charge >= 0.3 is 0 Å². The van der Waals surface area contributed by atoms with Gasteiger partial charge in [-0.15, -0.1) is 0 Å². The molecular weight excluding hydrogens is 256 g/mol. The highest BCUT2D eigenvalue weighted by Gasteiger charge is 2.20. The smallest absolute Gasteiger partial charge is 0.0663 e. The molecule has 2 rings (SSSR count). The Morgan fingerprint density at radius 1 is 0.947 bits per heavy atom. The second-order valence-electron chi connectivity index (χ2n) is 5.29. The van der Waals surface area contributed by atoms with Crippen LogP contribution >= 0.6 is 11.6 Å². The van der Waals surface area contributed by atoms with Crippen molar-refractivity contribution in [1.29, 1.82) is 0 Å². The minimum atomic E-state index is -0.691. The number of halogens is 1. The van der Waals surface area contributed by atoms with Crippen LogP contribution in [0.25, 0.3) is 0 Å². The van der Waals surface area contributed by atoms with E-state index in [-0.39, 0.29) is 0 Å². The van der Waals surface area contributed by atoms with E-state index in [1.54, 1.807) is 0 Å². The molecule has 1 N–H and O–H groups in total. The van der Waals surface area contributed by atoms with Crippen LogP contribution in [0, 0.1) is 0 Å². The lowest BCUT2D eigenvalue weighted by Crippen LogP contribution is -2.27. The molecule has 0 aliphatic heterocycles. The fourth-order valence-corrected chi connectivity index (χ4v) is 2.31. The van der Waals surface area contributed by atoms with Gasteiger partial charge in [0.15, 0.2) is 0 Å². The molecule has 1 atom stereocenters. The molecule has 0 spiro atoms. The molecule has 0 aliphatic carbocycles. The SMILES string of the molecule is CC(O)(CCc1ccccc1)Cc1ccc(Cl)cc1. The molecule has 2 aromatic carbocycles. The summed E-state index contributed by atoms with van der Waals surface area (Å²) in [5, 5.41) is 11.2. The van der Waals surface area contributed by atoms with Gasteiger partial charge in [0.1, 0.15) is 0 Å². The van der Waals surface area contributed by atoms with E-state index in [4.69, 9.17) is 11.6 Å². The van der Waals surface area contributed by atoms with E-state index in [1.165, 1.54) is 5.56 Å². The summed E-state index contributed by atoms with van der Waals surface area (Å²) in [6.45, 7) is 1.89. The second kappa shape index (κ2) is 6.23. The van der Waals surface area contributed by atoms with E-state index in [2.05, 4.69) is 12.1 Å². The molecule has 0 aliphatic rings. The molecule has 1 unspecified atom stereocenters.